The zero-order chi connectivity index (χ0) is 17.3. The molecule has 0 aromatic heterocycles. The molecule has 138 valence electrons. The number of aliphatic hydroxyl groups excluding tert-OH is 1. The second kappa shape index (κ2) is 16.3. The van der Waals surface area contributed by atoms with Crippen LogP contribution in [-0.2, 0) is 4.79 Å². The summed E-state index contributed by atoms with van der Waals surface area (Å²) in [5.74, 6) is 0.0297. The van der Waals surface area contributed by atoms with Gasteiger partial charge in [0.15, 0.2) is 0 Å². The van der Waals surface area contributed by atoms with Gasteiger partial charge in [0, 0.05) is 6.61 Å². The largest absolute Gasteiger partial charge is 0.481 e. The maximum Gasteiger partial charge on any atom is 0.303 e. The first-order valence-electron chi connectivity index (χ1n) is 9.92. The van der Waals surface area contributed by atoms with Gasteiger partial charge >= 0.3 is 5.97 Å². The molecule has 23 heavy (non-hydrogen) atoms. The lowest BCUT2D eigenvalue weighted by Gasteiger charge is -2.12. The zero-order valence-electron chi connectivity index (χ0n) is 15.6. The quantitative estimate of drug-likeness (QED) is 0.332. The van der Waals surface area contributed by atoms with Crippen LogP contribution in [0.3, 0.4) is 0 Å². The summed E-state index contributed by atoms with van der Waals surface area (Å²) in [6.07, 6.45) is 16.7. The fourth-order valence-corrected chi connectivity index (χ4v) is 3.20. The van der Waals surface area contributed by atoms with Crippen molar-refractivity contribution in [1.82, 2.24) is 0 Å². The van der Waals surface area contributed by atoms with E-state index in [-0.39, 0.29) is 18.9 Å². The number of aliphatic carboxylic acids is 1. The second-order valence-corrected chi connectivity index (χ2v) is 7.30. The van der Waals surface area contributed by atoms with E-state index in [4.69, 9.17) is 10.2 Å². The van der Waals surface area contributed by atoms with Crippen molar-refractivity contribution >= 4 is 5.97 Å². The Morgan fingerprint density at radius 1 is 0.826 bits per heavy atom. The fraction of sp³-hybridized carbons (Fsp3) is 0.950. The van der Waals surface area contributed by atoms with E-state index in [9.17, 15) is 4.79 Å². The number of aliphatic hydroxyl groups is 1. The molecule has 2 atom stereocenters. The third kappa shape index (κ3) is 16.1. The molecule has 0 amide bonds. The summed E-state index contributed by atoms with van der Waals surface area (Å²) < 4.78 is 0. The molecule has 0 radical (unpaired) electrons. The molecule has 0 fully saturated rings. The average Bonchev–Trinajstić information content (AvgIpc) is 2.52. The van der Waals surface area contributed by atoms with Gasteiger partial charge in [0.05, 0.1) is 6.42 Å². The van der Waals surface area contributed by atoms with Crippen molar-refractivity contribution < 1.29 is 15.0 Å². The minimum Gasteiger partial charge on any atom is -0.481 e. The third-order valence-corrected chi connectivity index (χ3v) is 4.83. The number of hydrogen-bond donors (Lipinski definition) is 2. The van der Waals surface area contributed by atoms with Crippen LogP contribution in [0.1, 0.15) is 104 Å². The predicted octanol–water partition coefficient (Wildman–Crippen LogP) is 5.80. The fourth-order valence-electron chi connectivity index (χ4n) is 3.20. The molecule has 0 bridgehead atoms. The van der Waals surface area contributed by atoms with Crippen LogP contribution in [-0.4, -0.2) is 22.8 Å². The highest BCUT2D eigenvalue weighted by Gasteiger charge is 2.11. The topological polar surface area (TPSA) is 57.5 Å². The summed E-state index contributed by atoms with van der Waals surface area (Å²) in [6.45, 7) is 4.66. The Morgan fingerprint density at radius 3 is 1.78 bits per heavy atom. The number of carbonyl (C=O) groups is 1. The molecule has 0 aromatic rings. The second-order valence-electron chi connectivity index (χ2n) is 7.30. The number of hydrogen-bond acceptors (Lipinski definition) is 2. The number of rotatable bonds is 17. The Bertz CT molecular complexity index is 266. The first-order valence-corrected chi connectivity index (χ1v) is 9.92. The van der Waals surface area contributed by atoms with Gasteiger partial charge in [-0.05, 0) is 18.3 Å². The standard InChI is InChI=1S/C20H40O3/c1-3-4-5-10-13-18(2)14-11-8-6-7-9-12-15-19(17-21)16-20(22)23/h18-19,21H,3-17H2,1-2H3,(H,22,23). The van der Waals surface area contributed by atoms with Gasteiger partial charge < -0.3 is 10.2 Å². The van der Waals surface area contributed by atoms with Gasteiger partial charge in [0.1, 0.15) is 0 Å². The molecule has 3 heteroatoms. The summed E-state index contributed by atoms with van der Waals surface area (Å²) in [5.41, 5.74) is 0. The van der Waals surface area contributed by atoms with Crippen LogP contribution in [0.4, 0.5) is 0 Å². The zero-order valence-corrected chi connectivity index (χ0v) is 15.6. The molecule has 0 aromatic carbocycles. The number of unbranched alkanes of at least 4 members (excludes halogenated alkanes) is 8. The van der Waals surface area contributed by atoms with Gasteiger partial charge in [-0.25, -0.2) is 0 Å². The minimum atomic E-state index is -0.798. The maximum atomic E-state index is 10.6. The van der Waals surface area contributed by atoms with Gasteiger partial charge in [0.2, 0.25) is 0 Å². The lowest BCUT2D eigenvalue weighted by Crippen LogP contribution is -2.11. The summed E-state index contributed by atoms with van der Waals surface area (Å²) in [7, 11) is 0. The summed E-state index contributed by atoms with van der Waals surface area (Å²) in [4.78, 5) is 10.6. The Kier molecular flexibility index (Phi) is 15.9. The lowest BCUT2D eigenvalue weighted by atomic mass is 9.95. The lowest BCUT2D eigenvalue weighted by molar-refractivity contribution is -0.138. The van der Waals surface area contributed by atoms with Crippen LogP contribution >= 0.6 is 0 Å². The molecular formula is C20H40O3. The summed E-state index contributed by atoms with van der Waals surface area (Å²) in [5, 5.41) is 17.9. The van der Waals surface area contributed by atoms with Crippen LogP contribution in [0.2, 0.25) is 0 Å². The van der Waals surface area contributed by atoms with Crippen molar-refractivity contribution in [2.75, 3.05) is 6.61 Å². The Morgan fingerprint density at radius 2 is 1.30 bits per heavy atom. The molecule has 3 nitrogen and oxygen atoms in total. The monoisotopic (exact) mass is 328 g/mol. The van der Waals surface area contributed by atoms with Gasteiger partial charge in [-0.2, -0.15) is 0 Å². The van der Waals surface area contributed by atoms with Crippen molar-refractivity contribution in [3.05, 3.63) is 0 Å². The van der Waals surface area contributed by atoms with E-state index < -0.39 is 5.97 Å². The van der Waals surface area contributed by atoms with E-state index in [1.165, 1.54) is 70.6 Å². The summed E-state index contributed by atoms with van der Waals surface area (Å²) in [6, 6.07) is 0. The molecule has 0 heterocycles. The van der Waals surface area contributed by atoms with Crippen LogP contribution < -0.4 is 0 Å². The first kappa shape index (κ1) is 22.4. The predicted molar refractivity (Wildman–Crippen MR) is 97.7 cm³/mol. The van der Waals surface area contributed by atoms with E-state index in [1.54, 1.807) is 0 Å². The average molecular weight is 329 g/mol. The van der Waals surface area contributed by atoms with Gasteiger partial charge in [-0.3, -0.25) is 4.79 Å². The van der Waals surface area contributed by atoms with E-state index in [2.05, 4.69) is 13.8 Å². The minimum absolute atomic E-state index is 0.00243. The first-order chi connectivity index (χ1) is 11.1. The van der Waals surface area contributed by atoms with E-state index in [0.29, 0.717) is 0 Å². The Labute approximate surface area is 143 Å². The molecule has 2 N–H and O–H groups in total. The molecule has 0 aliphatic carbocycles. The van der Waals surface area contributed by atoms with Gasteiger partial charge in [-0.15, -0.1) is 0 Å². The van der Waals surface area contributed by atoms with Crippen LogP contribution in [0.5, 0.6) is 0 Å². The normalized spacial score (nSPS) is 13.9. The maximum absolute atomic E-state index is 10.6. The molecule has 0 spiro atoms. The Hall–Kier alpha value is -0.570. The van der Waals surface area contributed by atoms with Crippen LogP contribution in [0.15, 0.2) is 0 Å². The van der Waals surface area contributed by atoms with Crippen molar-refractivity contribution in [1.29, 1.82) is 0 Å². The molecule has 2 unspecified atom stereocenters. The SMILES string of the molecule is CCCCCCC(C)CCCCCCCCC(CO)CC(=O)O. The Balaban J connectivity index is 3.33. The van der Waals surface area contributed by atoms with Gasteiger partial charge in [0.25, 0.3) is 0 Å². The van der Waals surface area contributed by atoms with E-state index in [1.807, 2.05) is 0 Å². The number of carboxylic acids is 1. The highest BCUT2D eigenvalue weighted by Crippen LogP contribution is 2.19. The van der Waals surface area contributed by atoms with Crippen molar-refractivity contribution in [2.24, 2.45) is 11.8 Å². The smallest absolute Gasteiger partial charge is 0.303 e. The van der Waals surface area contributed by atoms with Crippen molar-refractivity contribution in [3.63, 3.8) is 0 Å². The molecule has 0 saturated carbocycles. The van der Waals surface area contributed by atoms with Crippen LogP contribution in [0.25, 0.3) is 0 Å². The molecule has 0 aliphatic rings. The summed E-state index contributed by atoms with van der Waals surface area (Å²) >= 11 is 0. The van der Waals surface area contributed by atoms with Gasteiger partial charge in [-0.1, -0.05) is 90.9 Å². The van der Waals surface area contributed by atoms with E-state index in [0.717, 1.165) is 18.8 Å². The highest BCUT2D eigenvalue weighted by atomic mass is 16.4. The van der Waals surface area contributed by atoms with Crippen LogP contribution in [0, 0.1) is 11.8 Å². The van der Waals surface area contributed by atoms with Crippen molar-refractivity contribution in [3.8, 4) is 0 Å². The highest BCUT2D eigenvalue weighted by molar-refractivity contribution is 5.67. The molecule has 0 saturated heterocycles. The van der Waals surface area contributed by atoms with E-state index >= 15 is 0 Å². The molecular weight excluding hydrogens is 288 g/mol. The van der Waals surface area contributed by atoms with Crippen molar-refractivity contribution in [2.45, 2.75) is 104 Å². The third-order valence-electron chi connectivity index (χ3n) is 4.83. The number of carboxylic acid groups (broad SMARTS) is 1. The molecule has 0 aliphatic heterocycles. The molecule has 0 rings (SSSR count).